The standard InChI is InChI=1S/C15H27N3OS/c1-14(2,3)10-9-20-11(18-10)7-8-17-13(19)12(16)15(4,5)6/h9,12H,7-8,16H2,1-6H3,(H,17,19)/t12-/m1/s1. The highest BCUT2D eigenvalue weighted by atomic mass is 32.1. The highest BCUT2D eigenvalue weighted by Crippen LogP contribution is 2.24. The van der Waals surface area contributed by atoms with Crippen molar-refractivity contribution in [3.05, 3.63) is 16.1 Å². The Hall–Kier alpha value is -0.940. The first-order chi connectivity index (χ1) is 9.01. The minimum atomic E-state index is -0.482. The summed E-state index contributed by atoms with van der Waals surface area (Å²) in [7, 11) is 0. The molecule has 20 heavy (non-hydrogen) atoms. The average Bonchev–Trinajstić information content (AvgIpc) is 2.75. The lowest BCUT2D eigenvalue weighted by molar-refractivity contribution is -0.124. The predicted octanol–water partition coefficient (Wildman–Crippen LogP) is 2.47. The Morgan fingerprint density at radius 2 is 1.95 bits per heavy atom. The maximum Gasteiger partial charge on any atom is 0.237 e. The van der Waals surface area contributed by atoms with E-state index in [4.69, 9.17) is 5.73 Å². The molecular weight excluding hydrogens is 270 g/mol. The number of thiazole rings is 1. The minimum Gasteiger partial charge on any atom is -0.354 e. The van der Waals surface area contributed by atoms with Crippen LogP contribution < -0.4 is 11.1 Å². The normalized spacial score (nSPS) is 14.2. The summed E-state index contributed by atoms with van der Waals surface area (Å²) in [5, 5.41) is 6.04. The van der Waals surface area contributed by atoms with Gasteiger partial charge in [-0.15, -0.1) is 11.3 Å². The molecule has 1 atom stereocenters. The van der Waals surface area contributed by atoms with Gasteiger partial charge in [0.15, 0.2) is 0 Å². The fourth-order valence-corrected chi connectivity index (χ4v) is 2.59. The number of nitrogens with two attached hydrogens (primary N) is 1. The van der Waals surface area contributed by atoms with Crippen LogP contribution in [0.3, 0.4) is 0 Å². The van der Waals surface area contributed by atoms with E-state index in [0.717, 1.165) is 17.1 Å². The molecule has 1 aromatic heterocycles. The quantitative estimate of drug-likeness (QED) is 0.897. The summed E-state index contributed by atoms with van der Waals surface area (Å²) in [6.07, 6.45) is 0.753. The number of rotatable bonds is 4. The van der Waals surface area contributed by atoms with Crippen molar-refractivity contribution < 1.29 is 4.79 Å². The zero-order valence-electron chi connectivity index (χ0n) is 13.4. The van der Waals surface area contributed by atoms with Crippen molar-refractivity contribution in [1.82, 2.24) is 10.3 Å². The van der Waals surface area contributed by atoms with Crippen LogP contribution in [0.25, 0.3) is 0 Å². The molecule has 0 aliphatic rings. The molecule has 0 spiro atoms. The first kappa shape index (κ1) is 17.1. The molecule has 5 heteroatoms. The van der Waals surface area contributed by atoms with Crippen molar-refractivity contribution in [1.29, 1.82) is 0 Å². The van der Waals surface area contributed by atoms with Gasteiger partial charge in [-0.25, -0.2) is 4.98 Å². The molecule has 0 bridgehead atoms. The van der Waals surface area contributed by atoms with Crippen LogP contribution in [0.1, 0.15) is 52.2 Å². The van der Waals surface area contributed by atoms with E-state index in [1.807, 2.05) is 20.8 Å². The lowest BCUT2D eigenvalue weighted by Gasteiger charge is -2.25. The van der Waals surface area contributed by atoms with Crippen LogP contribution >= 0.6 is 11.3 Å². The predicted molar refractivity (Wildman–Crippen MR) is 85.0 cm³/mol. The second-order valence-corrected chi connectivity index (χ2v) is 8.20. The number of hydrogen-bond acceptors (Lipinski definition) is 4. The molecule has 0 saturated carbocycles. The molecule has 114 valence electrons. The Morgan fingerprint density at radius 3 is 2.40 bits per heavy atom. The number of carbonyl (C=O) groups excluding carboxylic acids is 1. The zero-order valence-corrected chi connectivity index (χ0v) is 14.2. The van der Waals surface area contributed by atoms with Crippen molar-refractivity contribution in [2.24, 2.45) is 11.1 Å². The van der Waals surface area contributed by atoms with E-state index in [-0.39, 0.29) is 16.7 Å². The van der Waals surface area contributed by atoms with Crippen LogP contribution in [0.2, 0.25) is 0 Å². The van der Waals surface area contributed by atoms with Gasteiger partial charge in [0.25, 0.3) is 0 Å². The Bertz CT molecular complexity index is 454. The summed E-state index contributed by atoms with van der Waals surface area (Å²) in [5.41, 5.74) is 6.87. The average molecular weight is 297 g/mol. The Morgan fingerprint density at radius 1 is 1.35 bits per heavy atom. The maximum absolute atomic E-state index is 11.9. The van der Waals surface area contributed by atoms with Crippen molar-refractivity contribution in [3.8, 4) is 0 Å². The highest BCUT2D eigenvalue weighted by molar-refractivity contribution is 7.09. The second kappa shape index (κ2) is 6.22. The molecule has 0 fully saturated rings. The van der Waals surface area contributed by atoms with Crippen LogP contribution in [-0.2, 0) is 16.6 Å². The van der Waals surface area contributed by atoms with Gasteiger partial charge >= 0.3 is 0 Å². The summed E-state index contributed by atoms with van der Waals surface area (Å²) in [4.78, 5) is 16.5. The van der Waals surface area contributed by atoms with Crippen LogP contribution in [0.15, 0.2) is 5.38 Å². The molecule has 0 aliphatic carbocycles. The highest BCUT2D eigenvalue weighted by Gasteiger charge is 2.27. The molecular formula is C15H27N3OS. The van der Waals surface area contributed by atoms with Crippen LogP contribution in [0.4, 0.5) is 0 Å². The summed E-state index contributed by atoms with van der Waals surface area (Å²) >= 11 is 1.65. The van der Waals surface area contributed by atoms with Crippen molar-refractivity contribution in [2.45, 2.75) is 59.4 Å². The third-order valence-electron chi connectivity index (χ3n) is 3.17. The van der Waals surface area contributed by atoms with Crippen molar-refractivity contribution in [2.75, 3.05) is 6.54 Å². The molecule has 0 aromatic carbocycles. The number of aromatic nitrogens is 1. The number of nitrogens with one attached hydrogen (secondary N) is 1. The Kier molecular flexibility index (Phi) is 5.33. The third-order valence-corrected chi connectivity index (χ3v) is 4.08. The molecule has 1 rings (SSSR count). The van der Waals surface area contributed by atoms with Crippen molar-refractivity contribution in [3.63, 3.8) is 0 Å². The lowest BCUT2D eigenvalue weighted by Crippen LogP contribution is -2.48. The summed E-state index contributed by atoms with van der Waals surface area (Å²) in [6.45, 7) is 12.9. The SMILES string of the molecule is CC(C)(C)c1csc(CCNC(=O)[C@@H](N)C(C)(C)C)n1. The fraction of sp³-hybridized carbons (Fsp3) is 0.733. The van der Waals surface area contributed by atoms with Gasteiger partial charge in [-0.05, 0) is 5.41 Å². The molecule has 3 N–H and O–H groups in total. The number of amides is 1. The van der Waals surface area contributed by atoms with E-state index in [9.17, 15) is 4.79 Å². The fourth-order valence-electron chi connectivity index (χ4n) is 1.57. The topological polar surface area (TPSA) is 68.0 Å². The van der Waals surface area contributed by atoms with Gasteiger partial charge in [0.05, 0.1) is 16.7 Å². The molecule has 1 amide bonds. The van der Waals surface area contributed by atoms with Gasteiger partial charge in [0.1, 0.15) is 0 Å². The van der Waals surface area contributed by atoms with Crippen LogP contribution in [-0.4, -0.2) is 23.5 Å². The molecule has 1 heterocycles. The van der Waals surface area contributed by atoms with Gasteiger partial charge < -0.3 is 11.1 Å². The summed E-state index contributed by atoms with van der Waals surface area (Å²) < 4.78 is 0. The first-order valence-electron chi connectivity index (χ1n) is 7.00. The number of hydrogen-bond donors (Lipinski definition) is 2. The van der Waals surface area contributed by atoms with E-state index in [2.05, 4.69) is 36.5 Å². The van der Waals surface area contributed by atoms with Gasteiger partial charge in [0, 0.05) is 23.8 Å². The summed E-state index contributed by atoms with van der Waals surface area (Å²) in [5.74, 6) is -0.0925. The largest absolute Gasteiger partial charge is 0.354 e. The molecule has 4 nitrogen and oxygen atoms in total. The van der Waals surface area contributed by atoms with Gasteiger partial charge in [-0.2, -0.15) is 0 Å². The molecule has 1 aromatic rings. The van der Waals surface area contributed by atoms with E-state index in [1.165, 1.54) is 0 Å². The third kappa shape index (κ3) is 4.87. The van der Waals surface area contributed by atoms with E-state index >= 15 is 0 Å². The Balaban J connectivity index is 2.46. The minimum absolute atomic E-state index is 0.0760. The number of carbonyl (C=O) groups is 1. The molecule has 0 aliphatic heterocycles. The van der Waals surface area contributed by atoms with E-state index in [1.54, 1.807) is 11.3 Å². The van der Waals surface area contributed by atoms with E-state index in [0.29, 0.717) is 6.54 Å². The summed E-state index contributed by atoms with van der Waals surface area (Å²) in [6, 6.07) is -0.482. The van der Waals surface area contributed by atoms with Gasteiger partial charge in [0.2, 0.25) is 5.91 Å². The monoisotopic (exact) mass is 297 g/mol. The smallest absolute Gasteiger partial charge is 0.237 e. The molecule has 0 saturated heterocycles. The van der Waals surface area contributed by atoms with Crippen LogP contribution in [0.5, 0.6) is 0 Å². The van der Waals surface area contributed by atoms with E-state index < -0.39 is 6.04 Å². The van der Waals surface area contributed by atoms with Gasteiger partial charge in [-0.1, -0.05) is 41.5 Å². The maximum atomic E-state index is 11.9. The molecule has 0 radical (unpaired) electrons. The number of nitrogens with zero attached hydrogens (tertiary/aromatic N) is 1. The Labute approximate surface area is 126 Å². The zero-order chi connectivity index (χ0) is 15.6. The van der Waals surface area contributed by atoms with Crippen LogP contribution in [0, 0.1) is 5.41 Å². The first-order valence-corrected chi connectivity index (χ1v) is 7.88. The van der Waals surface area contributed by atoms with Gasteiger partial charge in [-0.3, -0.25) is 4.79 Å². The van der Waals surface area contributed by atoms with Crippen molar-refractivity contribution >= 4 is 17.2 Å². The second-order valence-electron chi connectivity index (χ2n) is 7.26. The molecule has 0 unspecified atom stereocenters. The lowest BCUT2D eigenvalue weighted by atomic mass is 9.87.